The predicted molar refractivity (Wildman–Crippen MR) is 73.9 cm³/mol. The zero-order valence-corrected chi connectivity index (χ0v) is 12.1. The summed E-state index contributed by atoms with van der Waals surface area (Å²) >= 11 is 0. The van der Waals surface area contributed by atoms with E-state index in [0.29, 0.717) is 0 Å². The Labute approximate surface area is 103 Å². The Bertz CT molecular complexity index is 146. The molecule has 0 aromatic carbocycles. The van der Waals surface area contributed by atoms with Crippen LogP contribution in [0.25, 0.3) is 0 Å². The average Bonchev–Trinajstić information content (AvgIpc) is 2.25. The van der Waals surface area contributed by atoms with Crippen LogP contribution >= 0.6 is 0 Å². The third-order valence-corrected chi connectivity index (χ3v) is 3.03. The molecule has 0 aliphatic rings. The van der Waals surface area contributed by atoms with Gasteiger partial charge in [-0.2, -0.15) is 0 Å². The van der Waals surface area contributed by atoms with Gasteiger partial charge in [-0.15, -0.1) is 0 Å². The first kappa shape index (κ1) is 15.9. The smallest absolute Gasteiger partial charge is 0.00673 e. The van der Waals surface area contributed by atoms with E-state index in [4.69, 9.17) is 0 Å². The molecule has 1 atom stereocenters. The Balaban J connectivity index is 3.62. The van der Waals surface area contributed by atoms with Crippen molar-refractivity contribution in [1.29, 1.82) is 0 Å². The highest BCUT2D eigenvalue weighted by atomic mass is 15.1. The summed E-state index contributed by atoms with van der Waals surface area (Å²) in [5.74, 6) is 0.778. The molecule has 1 N–H and O–H groups in total. The Kier molecular flexibility index (Phi) is 10.0. The fourth-order valence-corrected chi connectivity index (χ4v) is 2.10. The van der Waals surface area contributed by atoms with E-state index >= 15 is 0 Å². The molecular weight excluding hydrogens is 196 g/mol. The van der Waals surface area contributed by atoms with Crippen LogP contribution in [-0.4, -0.2) is 37.1 Å². The van der Waals surface area contributed by atoms with Gasteiger partial charge < -0.3 is 10.2 Å². The molecule has 0 aromatic heterocycles. The van der Waals surface area contributed by atoms with Crippen molar-refractivity contribution >= 4 is 0 Å². The third-order valence-electron chi connectivity index (χ3n) is 3.03. The zero-order chi connectivity index (χ0) is 12.4. The second kappa shape index (κ2) is 10.1. The standard InChI is InChI=1S/C14H32N2/c1-6-10-15-11-8-9-14(5)16(7-2)12-13(3)4/h13-15H,6-12H2,1-5H3. The van der Waals surface area contributed by atoms with Crippen molar-refractivity contribution in [3.05, 3.63) is 0 Å². The van der Waals surface area contributed by atoms with E-state index in [1.807, 2.05) is 0 Å². The number of rotatable bonds is 10. The second-order valence-corrected chi connectivity index (χ2v) is 5.22. The van der Waals surface area contributed by atoms with E-state index in [2.05, 4.69) is 44.8 Å². The highest BCUT2D eigenvalue weighted by molar-refractivity contribution is 4.68. The summed E-state index contributed by atoms with van der Waals surface area (Å²) in [6, 6.07) is 0.732. The van der Waals surface area contributed by atoms with Crippen LogP contribution in [0.1, 0.15) is 53.9 Å². The van der Waals surface area contributed by atoms with Crippen LogP contribution in [0.3, 0.4) is 0 Å². The molecule has 0 heterocycles. The molecule has 98 valence electrons. The maximum absolute atomic E-state index is 3.47. The largest absolute Gasteiger partial charge is 0.317 e. The molecule has 0 saturated heterocycles. The summed E-state index contributed by atoms with van der Waals surface area (Å²) in [6.07, 6.45) is 3.86. The molecule has 0 spiro atoms. The van der Waals surface area contributed by atoms with Gasteiger partial charge >= 0.3 is 0 Å². The Morgan fingerprint density at radius 2 is 1.75 bits per heavy atom. The number of nitrogens with zero attached hydrogens (tertiary/aromatic N) is 1. The average molecular weight is 228 g/mol. The summed E-state index contributed by atoms with van der Waals surface area (Å²) in [5.41, 5.74) is 0. The van der Waals surface area contributed by atoms with Crippen molar-refractivity contribution in [1.82, 2.24) is 10.2 Å². The van der Waals surface area contributed by atoms with E-state index in [-0.39, 0.29) is 0 Å². The van der Waals surface area contributed by atoms with E-state index in [1.54, 1.807) is 0 Å². The molecule has 0 saturated carbocycles. The van der Waals surface area contributed by atoms with E-state index in [0.717, 1.165) is 18.5 Å². The molecule has 0 aliphatic carbocycles. The van der Waals surface area contributed by atoms with Crippen molar-refractivity contribution in [3.63, 3.8) is 0 Å². The molecule has 2 nitrogen and oxygen atoms in total. The highest BCUT2D eigenvalue weighted by Crippen LogP contribution is 2.08. The van der Waals surface area contributed by atoms with Gasteiger partial charge in [0.1, 0.15) is 0 Å². The van der Waals surface area contributed by atoms with Crippen molar-refractivity contribution in [3.8, 4) is 0 Å². The normalized spacial score (nSPS) is 13.7. The SMILES string of the molecule is CCCNCCCC(C)N(CC)CC(C)C. The van der Waals surface area contributed by atoms with Crippen LogP contribution in [-0.2, 0) is 0 Å². The van der Waals surface area contributed by atoms with Crippen LogP contribution in [0.4, 0.5) is 0 Å². The van der Waals surface area contributed by atoms with E-state index < -0.39 is 0 Å². The summed E-state index contributed by atoms with van der Waals surface area (Å²) in [7, 11) is 0. The lowest BCUT2D eigenvalue weighted by molar-refractivity contribution is 0.185. The molecule has 0 amide bonds. The van der Waals surface area contributed by atoms with Crippen molar-refractivity contribution < 1.29 is 0 Å². The molecule has 0 aromatic rings. The maximum atomic E-state index is 3.47. The minimum atomic E-state index is 0.732. The van der Waals surface area contributed by atoms with Crippen LogP contribution < -0.4 is 5.32 Å². The fourth-order valence-electron chi connectivity index (χ4n) is 2.10. The van der Waals surface area contributed by atoms with Gasteiger partial charge in [0, 0.05) is 12.6 Å². The van der Waals surface area contributed by atoms with Crippen molar-refractivity contribution in [2.24, 2.45) is 5.92 Å². The minimum Gasteiger partial charge on any atom is -0.317 e. The van der Waals surface area contributed by atoms with E-state index in [1.165, 1.54) is 38.9 Å². The minimum absolute atomic E-state index is 0.732. The van der Waals surface area contributed by atoms with Gasteiger partial charge in [0.2, 0.25) is 0 Å². The Morgan fingerprint density at radius 1 is 1.06 bits per heavy atom. The molecule has 2 heteroatoms. The summed E-state index contributed by atoms with van der Waals surface area (Å²) in [4.78, 5) is 2.60. The summed E-state index contributed by atoms with van der Waals surface area (Å²) < 4.78 is 0. The molecule has 0 radical (unpaired) electrons. The lowest BCUT2D eigenvalue weighted by Crippen LogP contribution is -2.36. The van der Waals surface area contributed by atoms with Crippen LogP contribution in [0, 0.1) is 5.92 Å². The Hall–Kier alpha value is -0.0800. The second-order valence-electron chi connectivity index (χ2n) is 5.22. The van der Waals surface area contributed by atoms with Crippen LogP contribution in [0.5, 0.6) is 0 Å². The van der Waals surface area contributed by atoms with Gasteiger partial charge in [-0.1, -0.05) is 27.7 Å². The van der Waals surface area contributed by atoms with Gasteiger partial charge in [-0.05, 0) is 51.7 Å². The fraction of sp³-hybridized carbons (Fsp3) is 1.00. The number of hydrogen-bond donors (Lipinski definition) is 1. The van der Waals surface area contributed by atoms with Crippen LogP contribution in [0.15, 0.2) is 0 Å². The lowest BCUT2D eigenvalue weighted by Gasteiger charge is -2.29. The quantitative estimate of drug-likeness (QED) is 0.578. The van der Waals surface area contributed by atoms with Crippen LogP contribution in [0.2, 0.25) is 0 Å². The molecule has 1 unspecified atom stereocenters. The van der Waals surface area contributed by atoms with Gasteiger partial charge in [0.15, 0.2) is 0 Å². The molecular formula is C14H32N2. The monoisotopic (exact) mass is 228 g/mol. The number of hydrogen-bond acceptors (Lipinski definition) is 2. The molecule has 16 heavy (non-hydrogen) atoms. The first-order valence-corrected chi connectivity index (χ1v) is 7.06. The van der Waals surface area contributed by atoms with Crippen molar-refractivity contribution in [2.75, 3.05) is 26.2 Å². The summed E-state index contributed by atoms with van der Waals surface area (Å²) in [6.45, 7) is 16.2. The molecule has 0 rings (SSSR count). The predicted octanol–water partition coefficient (Wildman–Crippen LogP) is 3.13. The molecule has 0 fully saturated rings. The lowest BCUT2D eigenvalue weighted by atomic mass is 10.1. The van der Waals surface area contributed by atoms with Gasteiger partial charge in [0.25, 0.3) is 0 Å². The van der Waals surface area contributed by atoms with Gasteiger partial charge in [0.05, 0.1) is 0 Å². The van der Waals surface area contributed by atoms with Crippen molar-refractivity contribution in [2.45, 2.75) is 59.9 Å². The van der Waals surface area contributed by atoms with Gasteiger partial charge in [-0.25, -0.2) is 0 Å². The number of nitrogens with one attached hydrogen (secondary N) is 1. The molecule has 0 bridgehead atoms. The van der Waals surface area contributed by atoms with E-state index in [9.17, 15) is 0 Å². The topological polar surface area (TPSA) is 15.3 Å². The maximum Gasteiger partial charge on any atom is 0.00673 e. The molecule has 0 aliphatic heterocycles. The highest BCUT2D eigenvalue weighted by Gasteiger charge is 2.12. The van der Waals surface area contributed by atoms with Gasteiger partial charge in [-0.3, -0.25) is 0 Å². The first-order chi connectivity index (χ1) is 7.61. The first-order valence-electron chi connectivity index (χ1n) is 7.06. The third kappa shape index (κ3) is 8.12. The zero-order valence-electron chi connectivity index (χ0n) is 12.1. The Morgan fingerprint density at radius 3 is 2.25 bits per heavy atom. The summed E-state index contributed by atoms with van der Waals surface area (Å²) in [5, 5.41) is 3.47.